The first kappa shape index (κ1) is 29.8. The van der Waals surface area contributed by atoms with E-state index in [9.17, 15) is 9.59 Å². The van der Waals surface area contributed by atoms with Gasteiger partial charge in [0.25, 0.3) is 0 Å². The molecule has 1 aliphatic rings. The van der Waals surface area contributed by atoms with Crippen molar-refractivity contribution in [2.24, 2.45) is 0 Å². The second-order valence-electron chi connectivity index (χ2n) is 9.18. The van der Waals surface area contributed by atoms with Gasteiger partial charge in [0.1, 0.15) is 12.7 Å². The number of hydrogen-bond donors (Lipinski definition) is 0. The van der Waals surface area contributed by atoms with Crippen molar-refractivity contribution in [3.8, 4) is 0 Å². The van der Waals surface area contributed by atoms with Crippen LogP contribution < -0.4 is 0 Å². The van der Waals surface area contributed by atoms with Gasteiger partial charge in [0, 0.05) is 39.1 Å². The van der Waals surface area contributed by atoms with E-state index in [1.54, 1.807) is 6.92 Å². The van der Waals surface area contributed by atoms with Crippen molar-refractivity contribution in [2.45, 2.75) is 65.3 Å². The van der Waals surface area contributed by atoms with Gasteiger partial charge in [-0.1, -0.05) is 6.92 Å². The van der Waals surface area contributed by atoms with Crippen LogP contribution in [-0.2, 0) is 28.5 Å². The van der Waals surface area contributed by atoms with Crippen LogP contribution in [0, 0.1) is 0 Å². The highest BCUT2D eigenvalue weighted by Crippen LogP contribution is 2.04. The molecule has 1 aliphatic heterocycles. The van der Waals surface area contributed by atoms with E-state index in [1.807, 2.05) is 20.8 Å². The van der Waals surface area contributed by atoms with E-state index in [-0.39, 0.29) is 36.9 Å². The molecule has 0 N–H and O–H groups in total. The summed E-state index contributed by atoms with van der Waals surface area (Å²) < 4.78 is 21.9. The highest BCUT2D eigenvalue weighted by Gasteiger charge is 2.15. The van der Waals surface area contributed by atoms with Crippen LogP contribution in [0.1, 0.15) is 47.0 Å². The maximum atomic E-state index is 12.1. The molecule has 0 aromatic heterocycles. The molecule has 33 heavy (non-hydrogen) atoms. The lowest BCUT2D eigenvalue weighted by Gasteiger charge is -2.32. The van der Waals surface area contributed by atoms with Crippen LogP contribution in [0.2, 0.25) is 0 Å². The molecule has 0 aromatic carbocycles. The normalized spacial score (nSPS) is 18.2. The zero-order chi connectivity index (χ0) is 24.6. The third-order valence-corrected chi connectivity index (χ3v) is 5.64. The lowest BCUT2D eigenvalue weighted by Crippen LogP contribution is -2.45. The van der Waals surface area contributed by atoms with Crippen molar-refractivity contribution in [3.05, 3.63) is 0 Å². The van der Waals surface area contributed by atoms with Crippen LogP contribution in [0.3, 0.4) is 0 Å². The average molecular weight is 474 g/mol. The largest absolute Gasteiger partial charge is 0.463 e. The van der Waals surface area contributed by atoms with Gasteiger partial charge in [0.15, 0.2) is 0 Å². The third-order valence-electron chi connectivity index (χ3n) is 5.64. The molecule has 1 heterocycles. The predicted octanol–water partition coefficient (Wildman–Crippen LogP) is 1.64. The number of carbonyl (C=O) groups excluding carboxylic acids is 2. The molecule has 1 rings (SSSR count). The Labute approximate surface area is 200 Å². The fourth-order valence-corrected chi connectivity index (χ4v) is 3.36. The molecule has 0 spiro atoms. The highest BCUT2D eigenvalue weighted by atomic mass is 16.6. The molecule has 0 saturated carbocycles. The monoisotopic (exact) mass is 473 g/mol. The lowest BCUT2D eigenvalue weighted by atomic mass is 10.3. The van der Waals surface area contributed by atoms with Gasteiger partial charge in [-0.3, -0.25) is 9.59 Å². The van der Waals surface area contributed by atoms with Crippen molar-refractivity contribution in [1.82, 2.24) is 14.7 Å². The minimum absolute atomic E-state index is 0.151. The zero-order valence-corrected chi connectivity index (χ0v) is 21.7. The highest BCUT2D eigenvalue weighted by molar-refractivity contribution is 5.69. The van der Waals surface area contributed by atoms with Crippen LogP contribution in [0.5, 0.6) is 0 Å². The Balaban J connectivity index is 2.05. The molecule has 0 bridgehead atoms. The predicted molar refractivity (Wildman–Crippen MR) is 128 cm³/mol. The number of carbonyl (C=O) groups is 2. The fourth-order valence-electron chi connectivity index (χ4n) is 3.36. The average Bonchev–Trinajstić information content (AvgIpc) is 2.79. The summed E-state index contributed by atoms with van der Waals surface area (Å²) in [5, 5.41) is 0. The molecule has 1 saturated heterocycles. The van der Waals surface area contributed by atoms with Gasteiger partial charge in [-0.2, -0.15) is 0 Å². The number of esters is 2. The van der Waals surface area contributed by atoms with Crippen LogP contribution in [0.4, 0.5) is 0 Å². The first-order chi connectivity index (χ1) is 15.7. The molecule has 9 nitrogen and oxygen atoms in total. The molecule has 3 atom stereocenters. The van der Waals surface area contributed by atoms with Gasteiger partial charge in [0.2, 0.25) is 0 Å². The number of ether oxygens (including phenoxy) is 4. The molecular weight excluding hydrogens is 426 g/mol. The Morgan fingerprint density at radius 2 is 1.48 bits per heavy atom. The summed E-state index contributed by atoms with van der Waals surface area (Å²) in [5.41, 5.74) is 0. The Hall–Kier alpha value is -1.26. The minimum atomic E-state index is -0.314. The van der Waals surface area contributed by atoms with E-state index in [0.717, 1.165) is 45.7 Å². The van der Waals surface area contributed by atoms with E-state index in [2.05, 4.69) is 28.8 Å². The zero-order valence-electron chi connectivity index (χ0n) is 21.7. The third kappa shape index (κ3) is 15.3. The molecule has 0 amide bonds. The van der Waals surface area contributed by atoms with Crippen LogP contribution in [0.15, 0.2) is 0 Å². The molecule has 1 fully saturated rings. The SMILES string of the molecule is CCC(=O)OCC(C)OCC(C)OCC(C)OC(=O)CCN(C)CCCN1CCN(C)CC1. The van der Waals surface area contributed by atoms with Crippen molar-refractivity contribution in [3.63, 3.8) is 0 Å². The summed E-state index contributed by atoms with van der Waals surface area (Å²) in [6.07, 6.45) is 1.18. The quantitative estimate of drug-likeness (QED) is 0.293. The summed E-state index contributed by atoms with van der Waals surface area (Å²) in [4.78, 5) is 30.4. The summed E-state index contributed by atoms with van der Waals surface area (Å²) in [5.74, 6) is -0.436. The van der Waals surface area contributed by atoms with E-state index >= 15 is 0 Å². The van der Waals surface area contributed by atoms with Crippen LogP contribution in [0.25, 0.3) is 0 Å². The fraction of sp³-hybridized carbons (Fsp3) is 0.917. The van der Waals surface area contributed by atoms with Crippen molar-refractivity contribution in [1.29, 1.82) is 0 Å². The Bertz CT molecular complexity index is 542. The second kappa shape index (κ2) is 17.2. The van der Waals surface area contributed by atoms with E-state index in [4.69, 9.17) is 18.9 Å². The maximum absolute atomic E-state index is 12.1. The molecule has 194 valence electrons. The molecular formula is C24H47N3O6. The van der Waals surface area contributed by atoms with Gasteiger partial charge in [-0.15, -0.1) is 0 Å². The van der Waals surface area contributed by atoms with E-state index in [1.165, 1.54) is 0 Å². The van der Waals surface area contributed by atoms with E-state index < -0.39 is 0 Å². The summed E-state index contributed by atoms with van der Waals surface area (Å²) >= 11 is 0. The number of likely N-dealkylation sites (N-methyl/N-ethyl adjacent to an activating group) is 1. The summed E-state index contributed by atoms with van der Waals surface area (Å²) in [7, 11) is 4.22. The van der Waals surface area contributed by atoms with Crippen molar-refractivity contribution < 1.29 is 28.5 Å². The maximum Gasteiger partial charge on any atom is 0.307 e. The van der Waals surface area contributed by atoms with Crippen molar-refractivity contribution in [2.75, 3.05) is 79.7 Å². The molecule has 0 radical (unpaired) electrons. The summed E-state index contributed by atoms with van der Waals surface area (Å²) in [6, 6.07) is 0. The molecule has 0 aliphatic carbocycles. The Morgan fingerprint density at radius 1 is 0.879 bits per heavy atom. The first-order valence-electron chi connectivity index (χ1n) is 12.4. The van der Waals surface area contributed by atoms with E-state index in [0.29, 0.717) is 32.6 Å². The molecule has 9 heteroatoms. The van der Waals surface area contributed by atoms with Gasteiger partial charge >= 0.3 is 11.9 Å². The van der Waals surface area contributed by atoms with Gasteiger partial charge in [0.05, 0.1) is 31.8 Å². The number of rotatable bonds is 17. The number of piperazine rings is 1. The minimum Gasteiger partial charge on any atom is -0.463 e. The van der Waals surface area contributed by atoms with Gasteiger partial charge < -0.3 is 33.6 Å². The second-order valence-corrected chi connectivity index (χ2v) is 9.18. The number of nitrogens with zero attached hydrogens (tertiary/aromatic N) is 3. The smallest absolute Gasteiger partial charge is 0.307 e. The lowest BCUT2D eigenvalue weighted by molar-refractivity contribution is -0.154. The Kier molecular flexibility index (Phi) is 15.5. The topological polar surface area (TPSA) is 80.8 Å². The van der Waals surface area contributed by atoms with Gasteiger partial charge in [-0.05, 0) is 54.4 Å². The Morgan fingerprint density at radius 3 is 2.12 bits per heavy atom. The number of hydrogen-bond acceptors (Lipinski definition) is 9. The standard InChI is InChI=1S/C24H47N3O6/c1-7-23(28)32-18-21(3)30-17-20(2)31-19-22(4)33-24(29)9-12-25(5)10-8-11-27-15-13-26(6)14-16-27/h20-22H,7-19H2,1-6H3. The summed E-state index contributed by atoms with van der Waals surface area (Å²) in [6.45, 7) is 15.6. The first-order valence-corrected chi connectivity index (χ1v) is 12.4. The van der Waals surface area contributed by atoms with Gasteiger partial charge in [-0.25, -0.2) is 0 Å². The molecule has 3 unspecified atom stereocenters. The molecule has 0 aromatic rings. The van der Waals surface area contributed by atoms with Crippen LogP contribution >= 0.6 is 0 Å². The van der Waals surface area contributed by atoms with Crippen molar-refractivity contribution >= 4 is 11.9 Å². The van der Waals surface area contributed by atoms with Crippen LogP contribution in [-0.4, -0.2) is 125 Å².